The molecule has 1 atom stereocenters. The number of furan rings is 1. The quantitative estimate of drug-likeness (QED) is 0.761. The topological polar surface area (TPSA) is 62.5 Å². The van der Waals surface area contributed by atoms with Gasteiger partial charge in [-0.1, -0.05) is 42.5 Å². The second-order valence-electron chi connectivity index (χ2n) is 5.15. The van der Waals surface area contributed by atoms with E-state index in [9.17, 15) is 9.90 Å². The summed E-state index contributed by atoms with van der Waals surface area (Å²) in [5.74, 6) is 0.326. The Balaban J connectivity index is 1.64. The molecule has 4 heteroatoms. The molecule has 0 fully saturated rings. The lowest BCUT2D eigenvalue weighted by atomic mass is 10.0. The second-order valence-corrected chi connectivity index (χ2v) is 5.15. The minimum Gasteiger partial charge on any atom is -0.467 e. The van der Waals surface area contributed by atoms with Gasteiger partial charge in [-0.2, -0.15) is 0 Å². The van der Waals surface area contributed by atoms with Gasteiger partial charge in [-0.3, -0.25) is 4.79 Å². The molecule has 1 unspecified atom stereocenters. The predicted octanol–water partition coefficient (Wildman–Crippen LogP) is 2.83. The van der Waals surface area contributed by atoms with Crippen LogP contribution in [-0.2, 0) is 11.2 Å². The summed E-state index contributed by atoms with van der Waals surface area (Å²) in [7, 11) is 0. The van der Waals surface area contributed by atoms with E-state index in [4.69, 9.17) is 4.42 Å². The van der Waals surface area contributed by atoms with Crippen molar-refractivity contribution in [1.82, 2.24) is 5.32 Å². The summed E-state index contributed by atoms with van der Waals surface area (Å²) in [6.45, 7) is 0.136. The second kappa shape index (κ2) is 6.45. The van der Waals surface area contributed by atoms with Crippen LogP contribution in [0, 0.1) is 0 Å². The Morgan fingerprint density at radius 2 is 1.91 bits per heavy atom. The van der Waals surface area contributed by atoms with Crippen molar-refractivity contribution in [2.75, 3.05) is 6.54 Å². The highest BCUT2D eigenvalue weighted by molar-refractivity contribution is 5.90. The van der Waals surface area contributed by atoms with Crippen molar-refractivity contribution in [3.05, 3.63) is 72.2 Å². The molecule has 0 aliphatic heterocycles. The molecule has 2 N–H and O–H groups in total. The number of carbonyl (C=O) groups excluding carboxylic acids is 1. The molecule has 0 radical (unpaired) electrons. The predicted molar refractivity (Wildman–Crippen MR) is 84.3 cm³/mol. The standard InChI is InChI=1S/C18H17NO3/c20-16(17-9-4-10-22-17)12-19-18(21)11-14-7-3-6-13-5-1-2-8-15(13)14/h1-10,16,20H,11-12H2,(H,19,21). The molecule has 0 saturated carbocycles. The van der Waals surface area contributed by atoms with Crippen molar-refractivity contribution in [1.29, 1.82) is 0 Å². The van der Waals surface area contributed by atoms with Crippen molar-refractivity contribution in [2.45, 2.75) is 12.5 Å². The molecule has 0 aliphatic rings. The summed E-state index contributed by atoms with van der Waals surface area (Å²) >= 11 is 0. The number of benzene rings is 2. The highest BCUT2D eigenvalue weighted by Gasteiger charge is 2.12. The van der Waals surface area contributed by atoms with E-state index in [2.05, 4.69) is 5.32 Å². The maximum atomic E-state index is 12.1. The van der Waals surface area contributed by atoms with Crippen LogP contribution < -0.4 is 5.32 Å². The van der Waals surface area contributed by atoms with Crippen molar-refractivity contribution >= 4 is 16.7 Å². The molecule has 0 aliphatic carbocycles. The van der Waals surface area contributed by atoms with E-state index in [0.29, 0.717) is 5.76 Å². The van der Waals surface area contributed by atoms with Crippen LogP contribution in [0.25, 0.3) is 10.8 Å². The Bertz CT molecular complexity index is 760. The van der Waals surface area contributed by atoms with Crippen molar-refractivity contribution in [3.8, 4) is 0 Å². The molecular formula is C18H17NO3. The van der Waals surface area contributed by atoms with Gasteiger partial charge in [-0.15, -0.1) is 0 Å². The maximum absolute atomic E-state index is 12.1. The number of rotatable bonds is 5. The summed E-state index contributed by atoms with van der Waals surface area (Å²) in [5.41, 5.74) is 0.975. The third-order valence-electron chi connectivity index (χ3n) is 3.60. The molecule has 0 spiro atoms. The van der Waals surface area contributed by atoms with E-state index in [1.807, 2.05) is 42.5 Å². The van der Waals surface area contributed by atoms with Gasteiger partial charge in [0, 0.05) is 0 Å². The van der Waals surface area contributed by atoms with E-state index in [1.54, 1.807) is 12.1 Å². The molecule has 3 rings (SSSR count). The summed E-state index contributed by atoms with van der Waals surface area (Å²) in [6.07, 6.45) is 0.953. The molecule has 22 heavy (non-hydrogen) atoms. The maximum Gasteiger partial charge on any atom is 0.224 e. The van der Waals surface area contributed by atoms with E-state index < -0.39 is 6.10 Å². The zero-order chi connectivity index (χ0) is 15.4. The lowest BCUT2D eigenvalue weighted by molar-refractivity contribution is -0.120. The van der Waals surface area contributed by atoms with Crippen LogP contribution in [0.4, 0.5) is 0 Å². The molecule has 1 amide bonds. The van der Waals surface area contributed by atoms with Crippen molar-refractivity contribution in [2.24, 2.45) is 0 Å². The third-order valence-corrected chi connectivity index (χ3v) is 3.60. The first-order chi connectivity index (χ1) is 10.7. The van der Waals surface area contributed by atoms with Gasteiger partial charge in [0.1, 0.15) is 11.9 Å². The molecule has 2 aromatic carbocycles. The van der Waals surface area contributed by atoms with E-state index in [0.717, 1.165) is 16.3 Å². The first-order valence-electron chi connectivity index (χ1n) is 7.19. The number of amides is 1. The number of nitrogens with one attached hydrogen (secondary N) is 1. The Hall–Kier alpha value is -2.59. The van der Waals surface area contributed by atoms with Crippen LogP contribution in [0.5, 0.6) is 0 Å². The number of aliphatic hydroxyl groups excluding tert-OH is 1. The van der Waals surface area contributed by atoms with Crippen LogP contribution in [0.15, 0.2) is 65.3 Å². The fourth-order valence-electron chi connectivity index (χ4n) is 2.47. The number of aliphatic hydroxyl groups is 1. The fourth-order valence-corrected chi connectivity index (χ4v) is 2.47. The Morgan fingerprint density at radius 3 is 2.73 bits per heavy atom. The Morgan fingerprint density at radius 1 is 1.09 bits per heavy atom. The van der Waals surface area contributed by atoms with E-state index in [1.165, 1.54) is 6.26 Å². The van der Waals surface area contributed by atoms with Gasteiger partial charge >= 0.3 is 0 Å². The van der Waals surface area contributed by atoms with Gasteiger partial charge in [-0.25, -0.2) is 0 Å². The monoisotopic (exact) mass is 295 g/mol. The van der Waals surface area contributed by atoms with Crippen LogP contribution in [-0.4, -0.2) is 17.6 Å². The molecule has 0 bridgehead atoms. The first-order valence-corrected chi connectivity index (χ1v) is 7.19. The van der Waals surface area contributed by atoms with Crippen molar-refractivity contribution < 1.29 is 14.3 Å². The smallest absolute Gasteiger partial charge is 0.224 e. The summed E-state index contributed by atoms with van der Waals surface area (Å²) in [5, 5.41) is 14.8. The minimum absolute atomic E-state index is 0.123. The lowest BCUT2D eigenvalue weighted by Crippen LogP contribution is -2.29. The molecule has 1 aromatic heterocycles. The van der Waals surface area contributed by atoms with E-state index in [-0.39, 0.29) is 18.9 Å². The van der Waals surface area contributed by atoms with Gasteiger partial charge in [0.2, 0.25) is 5.91 Å². The molecule has 3 aromatic rings. The number of carbonyl (C=O) groups is 1. The summed E-state index contributed by atoms with van der Waals surface area (Å²) in [6, 6.07) is 17.3. The average Bonchev–Trinajstić information content (AvgIpc) is 3.07. The fraction of sp³-hybridized carbons (Fsp3) is 0.167. The van der Waals surface area contributed by atoms with Crippen LogP contribution in [0.1, 0.15) is 17.4 Å². The molecule has 1 heterocycles. The number of hydrogen-bond donors (Lipinski definition) is 2. The molecule has 112 valence electrons. The van der Waals surface area contributed by atoms with Gasteiger partial charge in [0.25, 0.3) is 0 Å². The Labute approximate surface area is 128 Å². The Kier molecular flexibility index (Phi) is 4.21. The zero-order valence-electron chi connectivity index (χ0n) is 12.0. The van der Waals surface area contributed by atoms with Crippen LogP contribution in [0.3, 0.4) is 0 Å². The van der Waals surface area contributed by atoms with E-state index >= 15 is 0 Å². The third kappa shape index (κ3) is 3.18. The number of hydrogen-bond acceptors (Lipinski definition) is 3. The average molecular weight is 295 g/mol. The van der Waals surface area contributed by atoms with Gasteiger partial charge in [0.05, 0.1) is 19.2 Å². The largest absolute Gasteiger partial charge is 0.467 e. The highest BCUT2D eigenvalue weighted by atomic mass is 16.4. The zero-order valence-corrected chi connectivity index (χ0v) is 12.0. The highest BCUT2D eigenvalue weighted by Crippen LogP contribution is 2.19. The van der Waals surface area contributed by atoms with Gasteiger partial charge in [-0.05, 0) is 28.5 Å². The first kappa shape index (κ1) is 14.4. The van der Waals surface area contributed by atoms with Gasteiger partial charge < -0.3 is 14.8 Å². The molecular weight excluding hydrogens is 278 g/mol. The van der Waals surface area contributed by atoms with Crippen molar-refractivity contribution in [3.63, 3.8) is 0 Å². The summed E-state index contributed by atoms with van der Waals surface area (Å²) < 4.78 is 5.10. The van der Waals surface area contributed by atoms with Gasteiger partial charge in [0.15, 0.2) is 0 Å². The normalized spacial score (nSPS) is 12.2. The van der Waals surface area contributed by atoms with Crippen LogP contribution >= 0.6 is 0 Å². The SMILES string of the molecule is O=C(Cc1cccc2ccccc12)NCC(O)c1ccco1. The summed E-state index contributed by atoms with van der Waals surface area (Å²) in [4.78, 5) is 12.1. The number of fused-ring (bicyclic) bond motifs is 1. The lowest BCUT2D eigenvalue weighted by Gasteiger charge is -2.10. The molecule has 4 nitrogen and oxygen atoms in total. The van der Waals surface area contributed by atoms with Crippen LogP contribution in [0.2, 0.25) is 0 Å². The minimum atomic E-state index is -0.827. The molecule has 0 saturated heterocycles.